The van der Waals surface area contributed by atoms with E-state index < -0.39 is 16.9 Å². The smallest absolute Gasteiger partial charge is 0.289 e. The zero-order valence-corrected chi connectivity index (χ0v) is 16.5. The van der Waals surface area contributed by atoms with Gasteiger partial charge in [0.2, 0.25) is 11.8 Å². The normalized spacial score (nSPS) is 11.8. The lowest BCUT2D eigenvalue weighted by Crippen LogP contribution is -2.41. The van der Waals surface area contributed by atoms with Crippen LogP contribution in [0.1, 0.15) is 11.6 Å². The predicted molar refractivity (Wildman–Crippen MR) is 107 cm³/mol. The van der Waals surface area contributed by atoms with Crippen LogP contribution in [0.15, 0.2) is 48.5 Å². The van der Waals surface area contributed by atoms with Gasteiger partial charge in [0.25, 0.3) is 5.69 Å². The van der Waals surface area contributed by atoms with Crippen LogP contribution in [-0.4, -0.2) is 54.2 Å². The number of nitro benzene ring substituents is 1. The van der Waals surface area contributed by atoms with Gasteiger partial charge in [0.1, 0.15) is 11.1 Å². The molecule has 0 radical (unpaired) electrons. The highest BCUT2D eigenvalue weighted by Gasteiger charge is 2.27. The molecule has 0 aliphatic heterocycles. The third kappa shape index (κ3) is 5.28. The predicted octanol–water partition coefficient (Wildman–Crippen LogP) is 2.95. The van der Waals surface area contributed by atoms with Crippen molar-refractivity contribution < 1.29 is 14.5 Å². The van der Waals surface area contributed by atoms with Crippen molar-refractivity contribution >= 4 is 34.8 Å². The highest BCUT2D eigenvalue weighted by molar-refractivity contribution is 6.32. The van der Waals surface area contributed by atoms with Crippen LogP contribution >= 0.6 is 11.6 Å². The molecule has 0 unspecified atom stereocenters. The summed E-state index contributed by atoms with van der Waals surface area (Å²) < 4.78 is 0. The first-order chi connectivity index (χ1) is 13.2. The van der Waals surface area contributed by atoms with Gasteiger partial charge < -0.3 is 10.2 Å². The van der Waals surface area contributed by atoms with Gasteiger partial charge >= 0.3 is 0 Å². The van der Waals surface area contributed by atoms with Gasteiger partial charge in [-0.2, -0.15) is 0 Å². The van der Waals surface area contributed by atoms with E-state index in [4.69, 9.17) is 11.6 Å². The number of benzene rings is 2. The number of rotatable bonds is 7. The Labute approximate surface area is 167 Å². The second kappa shape index (κ2) is 9.29. The van der Waals surface area contributed by atoms with Gasteiger partial charge in [-0.1, -0.05) is 41.9 Å². The first kappa shape index (κ1) is 21.3. The van der Waals surface area contributed by atoms with Gasteiger partial charge in [0.15, 0.2) is 0 Å². The van der Waals surface area contributed by atoms with Gasteiger partial charge in [0.05, 0.1) is 11.5 Å². The molecule has 0 aliphatic rings. The highest BCUT2D eigenvalue weighted by atomic mass is 35.5. The fourth-order valence-corrected chi connectivity index (χ4v) is 2.81. The Balaban J connectivity index is 2.30. The van der Waals surface area contributed by atoms with Gasteiger partial charge in [-0.3, -0.25) is 24.6 Å². The van der Waals surface area contributed by atoms with Crippen molar-refractivity contribution in [3.63, 3.8) is 0 Å². The topological polar surface area (TPSA) is 95.8 Å². The average Bonchev–Trinajstić information content (AvgIpc) is 2.64. The molecule has 0 fully saturated rings. The van der Waals surface area contributed by atoms with Gasteiger partial charge in [-0.25, -0.2) is 0 Å². The third-order valence-electron chi connectivity index (χ3n) is 4.10. The average molecular weight is 405 g/mol. The first-order valence-corrected chi connectivity index (χ1v) is 8.78. The maximum Gasteiger partial charge on any atom is 0.289 e. The molecule has 148 valence electrons. The summed E-state index contributed by atoms with van der Waals surface area (Å²) in [5.74, 6) is -0.574. The van der Waals surface area contributed by atoms with E-state index in [0.717, 1.165) is 0 Å². The number of nitrogens with one attached hydrogen (secondary N) is 1. The summed E-state index contributed by atoms with van der Waals surface area (Å²) >= 11 is 5.82. The van der Waals surface area contributed by atoms with Crippen molar-refractivity contribution in [2.75, 3.05) is 33.0 Å². The minimum absolute atomic E-state index is 0.0173. The van der Waals surface area contributed by atoms with E-state index in [2.05, 4.69) is 5.32 Å². The number of anilines is 1. The van der Waals surface area contributed by atoms with Gasteiger partial charge in [-0.05, 0) is 24.7 Å². The number of likely N-dealkylation sites (N-methyl/N-ethyl adjacent to an activating group) is 2. The molecule has 0 spiro atoms. The molecule has 9 heteroatoms. The molecular weight excluding hydrogens is 384 g/mol. The molecule has 2 aromatic carbocycles. The third-order valence-corrected chi connectivity index (χ3v) is 4.42. The van der Waals surface area contributed by atoms with E-state index in [1.165, 1.54) is 23.1 Å². The van der Waals surface area contributed by atoms with Crippen molar-refractivity contribution in [1.29, 1.82) is 0 Å². The molecule has 2 aromatic rings. The van der Waals surface area contributed by atoms with E-state index in [1.807, 2.05) is 6.07 Å². The lowest BCUT2D eigenvalue weighted by Gasteiger charge is -2.28. The summed E-state index contributed by atoms with van der Waals surface area (Å²) in [7, 11) is 4.95. The zero-order chi connectivity index (χ0) is 20.8. The molecule has 0 saturated carbocycles. The molecule has 0 saturated heterocycles. The summed E-state index contributed by atoms with van der Waals surface area (Å²) in [6, 6.07) is 12.3. The maximum atomic E-state index is 13.0. The quantitative estimate of drug-likeness (QED) is 0.565. The summed E-state index contributed by atoms with van der Waals surface area (Å²) in [6.07, 6.45) is 0. The lowest BCUT2D eigenvalue weighted by atomic mass is 10.0. The van der Waals surface area contributed by atoms with Crippen molar-refractivity contribution in [2.45, 2.75) is 6.04 Å². The van der Waals surface area contributed by atoms with E-state index in [-0.39, 0.29) is 28.8 Å². The monoisotopic (exact) mass is 404 g/mol. The van der Waals surface area contributed by atoms with Crippen LogP contribution in [0.25, 0.3) is 0 Å². The largest absolute Gasteiger partial charge is 0.348 e. The molecule has 8 nitrogen and oxygen atoms in total. The molecule has 2 amide bonds. The SMILES string of the molecule is CN(C)C(=O)CN(C)[C@H](C(=O)Nc1ccc(Cl)c([N+](=O)[O-])c1)c1ccccc1. The zero-order valence-electron chi connectivity index (χ0n) is 15.8. The Morgan fingerprint density at radius 3 is 2.36 bits per heavy atom. The molecule has 28 heavy (non-hydrogen) atoms. The Morgan fingerprint density at radius 2 is 1.79 bits per heavy atom. The molecule has 0 aromatic heterocycles. The Morgan fingerprint density at radius 1 is 1.14 bits per heavy atom. The van der Waals surface area contributed by atoms with Crippen LogP contribution in [-0.2, 0) is 9.59 Å². The minimum Gasteiger partial charge on any atom is -0.348 e. The molecule has 1 atom stereocenters. The van der Waals surface area contributed by atoms with Crippen LogP contribution in [0.2, 0.25) is 5.02 Å². The second-order valence-corrected chi connectivity index (χ2v) is 6.84. The molecule has 1 N–H and O–H groups in total. The maximum absolute atomic E-state index is 13.0. The van der Waals surface area contributed by atoms with Crippen LogP contribution in [0.3, 0.4) is 0 Å². The number of carbonyl (C=O) groups excluding carboxylic acids is 2. The van der Waals surface area contributed by atoms with Crippen molar-refractivity contribution in [1.82, 2.24) is 9.80 Å². The Bertz CT molecular complexity index is 873. The number of halogens is 1. The second-order valence-electron chi connectivity index (χ2n) is 6.43. The molecular formula is C19H21ClN4O4. The number of hydrogen-bond donors (Lipinski definition) is 1. The van der Waals surface area contributed by atoms with Crippen LogP contribution in [0.4, 0.5) is 11.4 Å². The highest BCUT2D eigenvalue weighted by Crippen LogP contribution is 2.28. The number of nitro groups is 1. The van der Waals surface area contributed by atoms with Gasteiger partial charge in [0, 0.05) is 25.8 Å². The number of hydrogen-bond acceptors (Lipinski definition) is 5. The molecule has 0 bridgehead atoms. The van der Waals surface area contributed by atoms with Crippen LogP contribution in [0, 0.1) is 10.1 Å². The molecule has 0 heterocycles. The number of carbonyl (C=O) groups is 2. The van der Waals surface area contributed by atoms with E-state index >= 15 is 0 Å². The van der Waals surface area contributed by atoms with Crippen LogP contribution in [0.5, 0.6) is 0 Å². The van der Waals surface area contributed by atoms with E-state index in [0.29, 0.717) is 5.56 Å². The lowest BCUT2D eigenvalue weighted by molar-refractivity contribution is -0.384. The number of nitrogens with zero attached hydrogens (tertiary/aromatic N) is 3. The Hall–Kier alpha value is -2.97. The molecule has 0 aliphatic carbocycles. The van der Waals surface area contributed by atoms with E-state index in [9.17, 15) is 19.7 Å². The summed E-state index contributed by atoms with van der Waals surface area (Å²) in [6.45, 7) is 0.0285. The standard InChI is InChI=1S/C19H21ClN4O4/c1-22(2)17(25)12-23(3)18(13-7-5-4-6-8-13)19(26)21-14-9-10-15(20)16(11-14)24(27)28/h4-11,18H,12H2,1-3H3,(H,21,26)/t18-/m0/s1. The minimum atomic E-state index is -0.764. The summed E-state index contributed by atoms with van der Waals surface area (Å²) in [4.78, 5) is 38.6. The van der Waals surface area contributed by atoms with E-state index in [1.54, 1.807) is 50.3 Å². The Kier molecular flexibility index (Phi) is 7.08. The van der Waals surface area contributed by atoms with Gasteiger partial charge in [-0.15, -0.1) is 0 Å². The van der Waals surface area contributed by atoms with Crippen molar-refractivity contribution in [2.24, 2.45) is 0 Å². The summed E-state index contributed by atoms with van der Waals surface area (Å²) in [5.41, 5.74) is 0.638. The van der Waals surface area contributed by atoms with Crippen molar-refractivity contribution in [3.8, 4) is 0 Å². The fourth-order valence-electron chi connectivity index (χ4n) is 2.63. The fraction of sp³-hybridized carbons (Fsp3) is 0.263. The van der Waals surface area contributed by atoms with Crippen molar-refractivity contribution in [3.05, 3.63) is 69.2 Å². The summed E-state index contributed by atoms with van der Waals surface area (Å²) in [5, 5.41) is 13.7. The van der Waals surface area contributed by atoms with Crippen LogP contribution < -0.4 is 5.32 Å². The number of amides is 2. The molecule has 2 rings (SSSR count). The first-order valence-electron chi connectivity index (χ1n) is 8.41.